The Morgan fingerprint density at radius 2 is 1.83 bits per heavy atom. The Labute approximate surface area is 110 Å². The van der Waals surface area contributed by atoms with Gasteiger partial charge in [-0.3, -0.25) is 0 Å². The van der Waals surface area contributed by atoms with Crippen molar-refractivity contribution in [2.45, 2.75) is 39.2 Å². The highest BCUT2D eigenvalue weighted by atomic mass is 32.2. The van der Waals surface area contributed by atoms with Crippen LogP contribution in [0.25, 0.3) is 0 Å². The van der Waals surface area contributed by atoms with Crippen molar-refractivity contribution < 1.29 is 8.42 Å². The van der Waals surface area contributed by atoms with Gasteiger partial charge in [0.15, 0.2) is 0 Å². The minimum atomic E-state index is -2.85. The highest BCUT2D eigenvalue weighted by molar-refractivity contribution is 7.91. The lowest BCUT2D eigenvalue weighted by Crippen LogP contribution is -2.24. The summed E-state index contributed by atoms with van der Waals surface area (Å²) in [6, 6.07) is 8.35. The van der Waals surface area contributed by atoms with E-state index in [0.717, 1.165) is 12.8 Å². The first-order chi connectivity index (χ1) is 8.43. The van der Waals surface area contributed by atoms with Crippen LogP contribution in [0.2, 0.25) is 0 Å². The first-order valence-electron chi connectivity index (χ1n) is 6.44. The third-order valence-corrected chi connectivity index (χ3v) is 4.88. The monoisotopic (exact) mass is 269 g/mol. The Hall–Kier alpha value is -0.870. The van der Waals surface area contributed by atoms with E-state index in [9.17, 15) is 8.42 Å². The van der Waals surface area contributed by atoms with Gasteiger partial charge in [-0.25, -0.2) is 8.42 Å². The summed E-state index contributed by atoms with van der Waals surface area (Å²) in [5, 5.41) is 0. The van der Waals surface area contributed by atoms with Crippen molar-refractivity contribution in [3.8, 4) is 0 Å². The van der Waals surface area contributed by atoms with Gasteiger partial charge in [-0.05, 0) is 31.7 Å². The lowest BCUT2D eigenvalue weighted by Gasteiger charge is -2.11. The van der Waals surface area contributed by atoms with Crippen LogP contribution in [0.1, 0.15) is 30.9 Å². The minimum absolute atomic E-state index is 0.0414. The molecule has 1 unspecified atom stereocenters. The third kappa shape index (κ3) is 5.65. The molecule has 1 atom stereocenters. The molecule has 3 nitrogen and oxygen atoms in total. The van der Waals surface area contributed by atoms with Gasteiger partial charge in [-0.1, -0.05) is 36.8 Å². The SMILES string of the molecule is CCS(=O)(=O)CCCC(N)Cc1ccc(C)cc1. The van der Waals surface area contributed by atoms with Gasteiger partial charge in [0.05, 0.1) is 5.75 Å². The molecule has 2 N–H and O–H groups in total. The maximum absolute atomic E-state index is 11.3. The van der Waals surface area contributed by atoms with Gasteiger partial charge >= 0.3 is 0 Å². The van der Waals surface area contributed by atoms with Crippen LogP contribution in [0.3, 0.4) is 0 Å². The molecule has 0 heterocycles. The minimum Gasteiger partial charge on any atom is -0.327 e. The quantitative estimate of drug-likeness (QED) is 0.824. The van der Waals surface area contributed by atoms with E-state index in [2.05, 4.69) is 31.2 Å². The zero-order valence-corrected chi connectivity index (χ0v) is 12.0. The Bertz CT molecular complexity index is 451. The standard InChI is InChI=1S/C14H23NO2S/c1-3-18(16,17)10-4-5-14(15)11-13-8-6-12(2)7-9-13/h6-9,14H,3-5,10-11,15H2,1-2H3. The maximum atomic E-state index is 11.3. The molecule has 0 aliphatic rings. The van der Waals surface area contributed by atoms with Crippen molar-refractivity contribution in [3.05, 3.63) is 35.4 Å². The predicted octanol–water partition coefficient (Wildman–Crippen LogP) is 2.08. The van der Waals surface area contributed by atoms with Gasteiger partial charge in [0, 0.05) is 11.8 Å². The molecule has 1 aromatic rings. The second kappa shape index (κ2) is 6.90. The lowest BCUT2D eigenvalue weighted by molar-refractivity contribution is 0.574. The molecule has 0 aliphatic carbocycles. The normalized spacial score (nSPS) is 13.5. The fourth-order valence-electron chi connectivity index (χ4n) is 1.84. The van der Waals surface area contributed by atoms with Crippen LogP contribution >= 0.6 is 0 Å². The summed E-state index contributed by atoms with van der Waals surface area (Å²) in [5.41, 5.74) is 8.47. The molecule has 0 aliphatic heterocycles. The smallest absolute Gasteiger partial charge is 0.150 e. The van der Waals surface area contributed by atoms with Gasteiger partial charge in [0.1, 0.15) is 9.84 Å². The van der Waals surface area contributed by atoms with E-state index in [0.29, 0.717) is 6.42 Å². The number of aryl methyl sites for hydroxylation is 1. The van der Waals surface area contributed by atoms with Crippen LogP contribution in [-0.4, -0.2) is 26.0 Å². The van der Waals surface area contributed by atoms with Crippen LogP contribution in [0.15, 0.2) is 24.3 Å². The van der Waals surface area contributed by atoms with Crippen LogP contribution in [-0.2, 0) is 16.3 Å². The Morgan fingerprint density at radius 1 is 1.22 bits per heavy atom. The van der Waals surface area contributed by atoms with Gasteiger partial charge < -0.3 is 5.73 Å². The summed E-state index contributed by atoms with van der Waals surface area (Å²) < 4.78 is 22.7. The average Bonchev–Trinajstić information content (AvgIpc) is 2.32. The fourth-order valence-corrected chi connectivity index (χ4v) is 2.73. The molecular formula is C14H23NO2S. The number of hydrogen-bond acceptors (Lipinski definition) is 3. The molecule has 0 amide bonds. The Morgan fingerprint density at radius 3 is 2.39 bits per heavy atom. The van der Waals surface area contributed by atoms with Crippen molar-refractivity contribution in [1.29, 1.82) is 0 Å². The van der Waals surface area contributed by atoms with Gasteiger partial charge in [0.25, 0.3) is 0 Å². The zero-order chi connectivity index (χ0) is 13.6. The summed E-state index contributed by atoms with van der Waals surface area (Å²) in [7, 11) is -2.85. The third-order valence-electron chi connectivity index (χ3n) is 3.09. The molecule has 0 saturated heterocycles. The lowest BCUT2D eigenvalue weighted by atomic mass is 10.0. The van der Waals surface area contributed by atoms with E-state index < -0.39 is 9.84 Å². The number of benzene rings is 1. The van der Waals surface area contributed by atoms with E-state index in [1.165, 1.54) is 11.1 Å². The molecule has 1 aromatic carbocycles. The fraction of sp³-hybridized carbons (Fsp3) is 0.571. The maximum Gasteiger partial charge on any atom is 0.150 e. The second-order valence-electron chi connectivity index (χ2n) is 4.83. The molecule has 0 aromatic heterocycles. The van der Waals surface area contributed by atoms with Crippen LogP contribution < -0.4 is 5.73 Å². The number of rotatable bonds is 7. The van der Waals surface area contributed by atoms with Crippen molar-refractivity contribution in [2.24, 2.45) is 5.73 Å². The van der Waals surface area contributed by atoms with Crippen LogP contribution in [0.4, 0.5) is 0 Å². The molecule has 0 spiro atoms. The van der Waals surface area contributed by atoms with Gasteiger partial charge in [-0.15, -0.1) is 0 Å². The Balaban J connectivity index is 2.34. The molecule has 18 heavy (non-hydrogen) atoms. The molecule has 1 rings (SSSR count). The summed E-state index contributed by atoms with van der Waals surface area (Å²) >= 11 is 0. The highest BCUT2D eigenvalue weighted by Crippen LogP contribution is 2.08. The van der Waals surface area contributed by atoms with Crippen molar-refractivity contribution >= 4 is 9.84 Å². The van der Waals surface area contributed by atoms with E-state index in [4.69, 9.17) is 5.73 Å². The summed E-state index contributed by atoms with van der Waals surface area (Å²) in [4.78, 5) is 0. The number of sulfone groups is 1. The molecule has 102 valence electrons. The summed E-state index contributed by atoms with van der Waals surface area (Å²) in [6.07, 6.45) is 2.22. The van der Waals surface area contributed by atoms with Crippen molar-refractivity contribution in [1.82, 2.24) is 0 Å². The largest absolute Gasteiger partial charge is 0.327 e. The number of hydrogen-bond donors (Lipinski definition) is 1. The summed E-state index contributed by atoms with van der Waals surface area (Å²) in [6.45, 7) is 3.74. The van der Waals surface area contributed by atoms with Crippen LogP contribution in [0.5, 0.6) is 0 Å². The molecule has 0 fully saturated rings. The average molecular weight is 269 g/mol. The van der Waals surface area contributed by atoms with Crippen LogP contribution in [0, 0.1) is 6.92 Å². The second-order valence-corrected chi connectivity index (χ2v) is 7.30. The molecule has 0 bridgehead atoms. The van der Waals surface area contributed by atoms with E-state index in [1.54, 1.807) is 6.92 Å². The van der Waals surface area contributed by atoms with Gasteiger partial charge in [0.2, 0.25) is 0 Å². The molecule has 0 saturated carbocycles. The number of nitrogens with two attached hydrogens (primary N) is 1. The summed E-state index contributed by atoms with van der Waals surface area (Å²) in [5.74, 6) is 0.477. The first-order valence-corrected chi connectivity index (χ1v) is 8.26. The highest BCUT2D eigenvalue weighted by Gasteiger charge is 2.09. The molecule has 0 radical (unpaired) electrons. The molecule has 4 heteroatoms. The van der Waals surface area contributed by atoms with E-state index >= 15 is 0 Å². The first kappa shape index (κ1) is 15.2. The topological polar surface area (TPSA) is 60.2 Å². The van der Waals surface area contributed by atoms with Gasteiger partial charge in [-0.2, -0.15) is 0 Å². The van der Waals surface area contributed by atoms with E-state index in [1.807, 2.05) is 0 Å². The molecular weight excluding hydrogens is 246 g/mol. The van der Waals surface area contributed by atoms with Crippen molar-refractivity contribution in [3.63, 3.8) is 0 Å². The van der Waals surface area contributed by atoms with E-state index in [-0.39, 0.29) is 17.5 Å². The zero-order valence-electron chi connectivity index (χ0n) is 11.2. The Kier molecular flexibility index (Phi) is 5.82. The predicted molar refractivity (Wildman–Crippen MR) is 76.4 cm³/mol. The van der Waals surface area contributed by atoms with Crippen molar-refractivity contribution in [2.75, 3.05) is 11.5 Å².